The maximum Gasteiger partial charge on any atom is 0.274 e. The first-order valence-corrected chi connectivity index (χ1v) is 9.25. The summed E-state index contributed by atoms with van der Waals surface area (Å²) in [7, 11) is 0. The molecule has 1 atom stereocenters. The van der Waals surface area contributed by atoms with Crippen molar-refractivity contribution in [1.29, 1.82) is 0 Å². The topological polar surface area (TPSA) is 101 Å². The van der Waals surface area contributed by atoms with E-state index < -0.39 is 28.8 Å². The van der Waals surface area contributed by atoms with Gasteiger partial charge in [0.25, 0.3) is 11.8 Å². The summed E-state index contributed by atoms with van der Waals surface area (Å²) in [5.74, 6) is -2.46. The van der Waals surface area contributed by atoms with Crippen LogP contribution < -0.4 is 10.7 Å². The van der Waals surface area contributed by atoms with E-state index in [-0.39, 0.29) is 36.0 Å². The molecule has 2 aromatic rings. The van der Waals surface area contributed by atoms with Crippen LogP contribution in [0, 0.1) is 12.7 Å². The van der Waals surface area contributed by atoms with Gasteiger partial charge in [-0.05, 0) is 18.6 Å². The Bertz CT molecular complexity index is 1060. The van der Waals surface area contributed by atoms with Crippen LogP contribution in [0.15, 0.2) is 29.2 Å². The molecule has 2 aliphatic heterocycles. The number of pyridine rings is 1. The Labute approximate surface area is 165 Å². The van der Waals surface area contributed by atoms with Crippen LogP contribution in [0.4, 0.5) is 4.39 Å². The summed E-state index contributed by atoms with van der Waals surface area (Å²) in [6.07, 6.45) is 1.27. The van der Waals surface area contributed by atoms with Gasteiger partial charge in [-0.3, -0.25) is 14.4 Å². The molecule has 3 heterocycles. The number of carbonyl (C=O) groups is 2. The van der Waals surface area contributed by atoms with Crippen molar-refractivity contribution in [3.8, 4) is 5.75 Å². The van der Waals surface area contributed by atoms with Crippen LogP contribution in [0.3, 0.4) is 0 Å². The minimum atomic E-state index is -0.938. The van der Waals surface area contributed by atoms with Gasteiger partial charge in [-0.15, -0.1) is 0 Å². The van der Waals surface area contributed by atoms with Crippen molar-refractivity contribution in [3.05, 3.63) is 62.8 Å². The van der Waals surface area contributed by atoms with Crippen molar-refractivity contribution in [2.75, 3.05) is 26.3 Å². The first kappa shape index (κ1) is 19.1. The first-order valence-electron chi connectivity index (χ1n) is 9.25. The fourth-order valence-electron chi connectivity index (χ4n) is 3.64. The lowest BCUT2D eigenvalue weighted by molar-refractivity contribution is 0.0685. The average Bonchev–Trinajstić information content (AvgIpc) is 2.91. The number of benzene rings is 1. The molecule has 29 heavy (non-hydrogen) atoms. The highest BCUT2D eigenvalue weighted by molar-refractivity contribution is 5.99. The Morgan fingerprint density at radius 3 is 2.93 bits per heavy atom. The van der Waals surface area contributed by atoms with Crippen LogP contribution in [-0.2, 0) is 11.3 Å². The zero-order chi connectivity index (χ0) is 20.7. The lowest BCUT2D eigenvalue weighted by atomic mass is 10.1. The van der Waals surface area contributed by atoms with E-state index in [1.54, 1.807) is 19.1 Å². The molecule has 8 nitrogen and oxygen atoms in total. The van der Waals surface area contributed by atoms with Crippen molar-refractivity contribution >= 4 is 11.8 Å². The molecule has 2 bridgehead atoms. The third-order valence-electron chi connectivity index (χ3n) is 5.23. The van der Waals surface area contributed by atoms with E-state index in [0.29, 0.717) is 19.7 Å². The monoisotopic (exact) mass is 401 g/mol. The van der Waals surface area contributed by atoms with Crippen LogP contribution in [-0.4, -0.2) is 52.7 Å². The van der Waals surface area contributed by atoms with Gasteiger partial charge < -0.3 is 24.6 Å². The summed E-state index contributed by atoms with van der Waals surface area (Å²) < 4.78 is 20.9. The Kier molecular flexibility index (Phi) is 4.83. The van der Waals surface area contributed by atoms with Crippen molar-refractivity contribution in [2.24, 2.45) is 0 Å². The quantitative estimate of drug-likeness (QED) is 0.798. The van der Waals surface area contributed by atoms with E-state index >= 15 is 0 Å². The summed E-state index contributed by atoms with van der Waals surface area (Å²) >= 11 is 0. The van der Waals surface area contributed by atoms with Crippen LogP contribution in [0.1, 0.15) is 38.0 Å². The molecule has 1 saturated heterocycles. The number of nitrogens with zero attached hydrogens (tertiary/aromatic N) is 2. The van der Waals surface area contributed by atoms with Crippen molar-refractivity contribution < 1.29 is 23.8 Å². The van der Waals surface area contributed by atoms with E-state index in [1.807, 2.05) is 0 Å². The third kappa shape index (κ3) is 3.38. The van der Waals surface area contributed by atoms with Gasteiger partial charge in [0, 0.05) is 31.4 Å². The number of aromatic nitrogens is 1. The maximum atomic E-state index is 14.0. The number of amides is 2. The van der Waals surface area contributed by atoms with E-state index in [2.05, 4.69) is 5.32 Å². The summed E-state index contributed by atoms with van der Waals surface area (Å²) in [6.45, 7) is 3.01. The zero-order valence-corrected chi connectivity index (χ0v) is 15.8. The van der Waals surface area contributed by atoms with Gasteiger partial charge >= 0.3 is 0 Å². The molecule has 1 aromatic heterocycles. The van der Waals surface area contributed by atoms with Crippen LogP contribution in [0.5, 0.6) is 5.75 Å². The number of carbonyl (C=O) groups excluding carboxylic acids is 2. The van der Waals surface area contributed by atoms with Crippen molar-refractivity contribution in [1.82, 2.24) is 14.8 Å². The number of ether oxygens (including phenoxy) is 1. The molecular formula is C20H20FN3O5. The van der Waals surface area contributed by atoms with Crippen LogP contribution in [0.2, 0.25) is 0 Å². The number of hydrogen-bond donors (Lipinski definition) is 2. The molecular weight excluding hydrogens is 381 g/mol. The third-order valence-corrected chi connectivity index (χ3v) is 5.23. The van der Waals surface area contributed by atoms with Gasteiger partial charge in [-0.25, -0.2) is 4.39 Å². The number of aryl methyl sites for hydroxylation is 1. The minimum Gasteiger partial charge on any atom is -0.503 e. The molecule has 4 rings (SSSR count). The number of hydrogen-bond acceptors (Lipinski definition) is 5. The highest BCUT2D eigenvalue weighted by Gasteiger charge is 2.36. The smallest absolute Gasteiger partial charge is 0.274 e. The SMILES string of the molecule is Cc1ccc(CNC(=O)c2cn3c(c(O)c2=O)C(=O)N2CCOC[C@@H]3C2)c(F)c1. The zero-order valence-electron chi connectivity index (χ0n) is 15.8. The molecule has 0 unspecified atom stereocenters. The minimum absolute atomic E-state index is 0.119. The number of aromatic hydroxyl groups is 1. The lowest BCUT2D eigenvalue weighted by Crippen LogP contribution is -2.45. The second kappa shape index (κ2) is 7.32. The standard InChI is InChI=1S/C20H20FN3O5/c1-11-2-3-12(15(21)6-11)7-22-19(27)14-9-24-13-8-23(4-5-29-10-13)20(28)16(24)18(26)17(14)25/h2-3,6,9,13,26H,4-5,7-8,10H2,1H3,(H,22,27)/t13-/m0/s1. The van der Waals surface area contributed by atoms with E-state index in [1.165, 1.54) is 21.7 Å². The molecule has 1 fully saturated rings. The first-order chi connectivity index (χ1) is 13.9. The highest BCUT2D eigenvalue weighted by Crippen LogP contribution is 2.28. The van der Waals surface area contributed by atoms with Crippen LogP contribution in [0.25, 0.3) is 0 Å². The van der Waals surface area contributed by atoms with E-state index in [0.717, 1.165) is 5.56 Å². The number of halogens is 1. The van der Waals surface area contributed by atoms with Crippen LogP contribution >= 0.6 is 0 Å². The Balaban J connectivity index is 1.66. The van der Waals surface area contributed by atoms with Crippen molar-refractivity contribution in [3.63, 3.8) is 0 Å². The van der Waals surface area contributed by atoms with Gasteiger partial charge in [0.2, 0.25) is 5.43 Å². The molecule has 2 amide bonds. The highest BCUT2D eigenvalue weighted by atomic mass is 19.1. The summed E-state index contributed by atoms with van der Waals surface area (Å²) in [6, 6.07) is 4.30. The molecule has 9 heteroatoms. The van der Waals surface area contributed by atoms with Gasteiger partial charge in [-0.1, -0.05) is 12.1 Å². The summed E-state index contributed by atoms with van der Waals surface area (Å²) in [4.78, 5) is 39.3. The molecule has 152 valence electrons. The molecule has 1 aromatic carbocycles. The largest absolute Gasteiger partial charge is 0.503 e. The normalized spacial score (nSPS) is 18.2. The molecule has 0 spiro atoms. The fourth-order valence-corrected chi connectivity index (χ4v) is 3.64. The molecule has 2 N–H and O–H groups in total. The molecule has 0 radical (unpaired) electrons. The lowest BCUT2D eigenvalue weighted by Gasteiger charge is -2.33. The predicted molar refractivity (Wildman–Crippen MR) is 100 cm³/mol. The Hall–Kier alpha value is -3.20. The summed E-state index contributed by atoms with van der Waals surface area (Å²) in [5.41, 5.74) is -0.372. The molecule has 0 aliphatic carbocycles. The van der Waals surface area contributed by atoms with Gasteiger partial charge in [0.05, 0.1) is 19.3 Å². The maximum absolute atomic E-state index is 14.0. The average molecular weight is 401 g/mol. The fraction of sp³-hybridized carbons (Fsp3) is 0.350. The summed E-state index contributed by atoms with van der Waals surface area (Å²) in [5, 5.41) is 12.9. The molecule has 0 saturated carbocycles. The van der Waals surface area contributed by atoms with Gasteiger partial charge in [0.1, 0.15) is 11.4 Å². The Morgan fingerprint density at radius 1 is 1.38 bits per heavy atom. The number of nitrogens with one attached hydrogen (secondary N) is 1. The molecule has 2 aliphatic rings. The van der Waals surface area contributed by atoms with E-state index in [9.17, 15) is 23.9 Å². The predicted octanol–water partition coefficient (Wildman–Crippen LogP) is 0.959. The van der Waals surface area contributed by atoms with Gasteiger partial charge in [0.15, 0.2) is 11.4 Å². The van der Waals surface area contributed by atoms with Crippen molar-refractivity contribution in [2.45, 2.75) is 19.5 Å². The number of fused-ring (bicyclic) bond motifs is 4. The number of rotatable bonds is 3. The van der Waals surface area contributed by atoms with Gasteiger partial charge in [-0.2, -0.15) is 0 Å². The Morgan fingerprint density at radius 2 is 2.17 bits per heavy atom. The van der Waals surface area contributed by atoms with E-state index in [4.69, 9.17) is 4.74 Å². The second-order valence-corrected chi connectivity index (χ2v) is 7.23. The second-order valence-electron chi connectivity index (χ2n) is 7.23.